The number of fused-ring (bicyclic) bond motifs is 1. The highest BCUT2D eigenvalue weighted by atomic mass is 16.5. The molecule has 1 fully saturated rings. The van der Waals surface area contributed by atoms with E-state index in [4.69, 9.17) is 10.5 Å². The van der Waals surface area contributed by atoms with Crippen molar-refractivity contribution >= 4 is 17.1 Å². The van der Waals surface area contributed by atoms with E-state index in [9.17, 15) is 0 Å². The van der Waals surface area contributed by atoms with Crippen molar-refractivity contribution < 1.29 is 4.74 Å². The first-order valence-corrected chi connectivity index (χ1v) is 7.98. The monoisotopic (exact) mass is 309 g/mol. The quantitative estimate of drug-likeness (QED) is 0.801. The van der Waals surface area contributed by atoms with E-state index < -0.39 is 0 Å². The van der Waals surface area contributed by atoms with Crippen LogP contribution in [0.3, 0.4) is 0 Å². The van der Waals surface area contributed by atoms with Gasteiger partial charge in [-0.15, -0.1) is 0 Å². The minimum absolute atomic E-state index is 0.223. The van der Waals surface area contributed by atoms with Gasteiger partial charge in [0.15, 0.2) is 11.2 Å². The number of hydrogen-bond acceptors (Lipinski definition) is 5. The van der Waals surface area contributed by atoms with Crippen molar-refractivity contribution in [2.45, 2.75) is 38.3 Å². The van der Waals surface area contributed by atoms with Gasteiger partial charge in [0, 0.05) is 6.04 Å². The third kappa shape index (κ3) is 2.72. The van der Waals surface area contributed by atoms with E-state index in [1.54, 1.807) is 0 Å². The van der Waals surface area contributed by atoms with Crippen molar-refractivity contribution in [1.82, 2.24) is 19.5 Å². The zero-order valence-electron chi connectivity index (χ0n) is 12.9. The lowest BCUT2D eigenvalue weighted by Crippen LogP contribution is -2.07. The van der Waals surface area contributed by atoms with Gasteiger partial charge < -0.3 is 15.0 Å². The van der Waals surface area contributed by atoms with Crippen LogP contribution in [0.15, 0.2) is 36.7 Å². The first-order chi connectivity index (χ1) is 11.3. The van der Waals surface area contributed by atoms with Gasteiger partial charge in [0.2, 0.25) is 11.8 Å². The van der Waals surface area contributed by atoms with Crippen LogP contribution in [0.5, 0.6) is 5.88 Å². The highest BCUT2D eigenvalue weighted by Gasteiger charge is 2.21. The fourth-order valence-electron chi connectivity index (χ4n) is 3.18. The van der Waals surface area contributed by atoms with Crippen LogP contribution in [-0.2, 0) is 6.61 Å². The highest BCUT2D eigenvalue weighted by molar-refractivity contribution is 5.77. The third-order valence-electron chi connectivity index (χ3n) is 4.34. The zero-order valence-corrected chi connectivity index (χ0v) is 12.9. The lowest BCUT2D eigenvalue weighted by Gasteiger charge is -2.12. The maximum absolute atomic E-state index is 5.88. The van der Waals surface area contributed by atoms with Gasteiger partial charge in [0.1, 0.15) is 6.61 Å². The molecule has 118 valence electrons. The molecule has 0 spiro atoms. The summed E-state index contributed by atoms with van der Waals surface area (Å²) in [7, 11) is 0. The first-order valence-electron chi connectivity index (χ1n) is 7.98. The Labute approximate surface area is 134 Å². The fourth-order valence-corrected chi connectivity index (χ4v) is 3.18. The number of benzene rings is 1. The number of hydrogen-bond donors (Lipinski definition) is 1. The van der Waals surface area contributed by atoms with Crippen LogP contribution in [0.4, 0.5) is 5.95 Å². The standard InChI is InChI=1S/C17H19N5O/c18-17-20-15-14(19-11-22(15)13-8-4-5-9-13)16(21-17)23-10-12-6-2-1-3-7-12/h1-3,6-7,11,13H,4-5,8-10H2,(H2,18,20,21). The molecule has 1 aliphatic carbocycles. The van der Waals surface area contributed by atoms with Crippen molar-refractivity contribution in [2.24, 2.45) is 0 Å². The van der Waals surface area contributed by atoms with E-state index in [1.165, 1.54) is 12.8 Å². The highest BCUT2D eigenvalue weighted by Crippen LogP contribution is 2.33. The van der Waals surface area contributed by atoms with Crippen LogP contribution in [-0.4, -0.2) is 19.5 Å². The molecule has 1 aromatic carbocycles. The Morgan fingerprint density at radius 3 is 2.70 bits per heavy atom. The smallest absolute Gasteiger partial charge is 0.247 e. The maximum atomic E-state index is 5.88. The number of nitrogens with two attached hydrogens (primary N) is 1. The van der Waals surface area contributed by atoms with Gasteiger partial charge >= 0.3 is 0 Å². The van der Waals surface area contributed by atoms with E-state index in [2.05, 4.69) is 19.5 Å². The molecule has 2 N–H and O–H groups in total. The predicted octanol–water partition coefficient (Wildman–Crippen LogP) is 3.10. The van der Waals surface area contributed by atoms with Crippen LogP contribution < -0.4 is 10.5 Å². The molecule has 0 saturated heterocycles. The lowest BCUT2D eigenvalue weighted by atomic mass is 10.2. The molecule has 1 saturated carbocycles. The molecule has 2 aromatic heterocycles. The minimum Gasteiger partial charge on any atom is -0.471 e. The molecule has 6 heteroatoms. The average molecular weight is 309 g/mol. The van der Waals surface area contributed by atoms with Crippen molar-refractivity contribution in [3.63, 3.8) is 0 Å². The Bertz CT molecular complexity index is 808. The molecule has 0 radical (unpaired) electrons. The molecular formula is C17H19N5O. The molecule has 0 amide bonds. The molecule has 0 unspecified atom stereocenters. The van der Waals surface area contributed by atoms with E-state index in [0.29, 0.717) is 24.0 Å². The second kappa shape index (κ2) is 5.87. The number of nitrogens with zero attached hydrogens (tertiary/aromatic N) is 4. The zero-order chi connectivity index (χ0) is 15.6. The summed E-state index contributed by atoms with van der Waals surface area (Å²) in [5, 5.41) is 0. The van der Waals surface area contributed by atoms with Crippen molar-refractivity contribution in [3.8, 4) is 5.88 Å². The van der Waals surface area contributed by atoms with E-state index in [-0.39, 0.29) is 5.95 Å². The van der Waals surface area contributed by atoms with Gasteiger partial charge in [-0.25, -0.2) is 4.98 Å². The summed E-state index contributed by atoms with van der Waals surface area (Å²) in [6.45, 7) is 0.433. The number of ether oxygens (including phenoxy) is 1. The van der Waals surface area contributed by atoms with Gasteiger partial charge in [-0.2, -0.15) is 9.97 Å². The van der Waals surface area contributed by atoms with Crippen molar-refractivity contribution in [2.75, 3.05) is 5.73 Å². The third-order valence-corrected chi connectivity index (χ3v) is 4.34. The fraction of sp³-hybridized carbons (Fsp3) is 0.353. The summed E-state index contributed by atoms with van der Waals surface area (Å²) >= 11 is 0. The number of anilines is 1. The van der Waals surface area contributed by atoms with Crippen LogP contribution in [0.2, 0.25) is 0 Å². The number of imidazole rings is 1. The second-order valence-electron chi connectivity index (χ2n) is 5.92. The first kappa shape index (κ1) is 14.0. The number of nitrogen functional groups attached to an aromatic ring is 1. The Morgan fingerprint density at radius 2 is 1.91 bits per heavy atom. The van der Waals surface area contributed by atoms with Crippen molar-refractivity contribution in [1.29, 1.82) is 0 Å². The number of aromatic nitrogens is 4. The summed E-state index contributed by atoms with van der Waals surface area (Å²) < 4.78 is 7.98. The molecule has 0 atom stereocenters. The largest absolute Gasteiger partial charge is 0.471 e. The molecule has 4 rings (SSSR count). The van der Waals surface area contributed by atoms with E-state index in [1.807, 2.05) is 36.7 Å². The molecule has 1 aliphatic rings. The van der Waals surface area contributed by atoms with Gasteiger partial charge in [-0.05, 0) is 18.4 Å². The molecule has 23 heavy (non-hydrogen) atoms. The van der Waals surface area contributed by atoms with E-state index >= 15 is 0 Å². The molecule has 0 bridgehead atoms. The SMILES string of the molecule is Nc1nc(OCc2ccccc2)c2ncn(C3CCCC3)c2n1. The molecule has 0 aliphatic heterocycles. The Morgan fingerprint density at radius 1 is 1.13 bits per heavy atom. The Hall–Kier alpha value is -2.63. The van der Waals surface area contributed by atoms with Crippen LogP contribution in [0, 0.1) is 0 Å². The topological polar surface area (TPSA) is 78.9 Å². The summed E-state index contributed by atoms with van der Waals surface area (Å²) in [5.41, 5.74) is 8.41. The Kier molecular flexibility index (Phi) is 3.57. The van der Waals surface area contributed by atoms with E-state index in [0.717, 1.165) is 24.1 Å². The summed E-state index contributed by atoms with van der Waals surface area (Å²) in [4.78, 5) is 13.1. The molecule has 2 heterocycles. The minimum atomic E-state index is 0.223. The second-order valence-corrected chi connectivity index (χ2v) is 5.92. The van der Waals surface area contributed by atoms with Crippen LogP contribution in [0.1, 0.15) is 37.3 Å². The summed E-state index contributed by atoms with van der Waals surface area (Å²) in [5.74, 6) is 0.674. The summed E-state index contributed by atoms with van der Waals surface area (Å²) in [6, 6.07) is 10.4. The summed E-state index contributed by atoms with van der Waals surface area (Å²) in [6.07, 6.45) is 6.67. The van der Waals surface area contributed by atoms with Crippen LogP contribution >= 0.6 is 0 Å². The molecule has 3 aromatic rings. The average Bonchev–Trinajstić information content (AvgIpc) is 3.22. The number of rotatable bonds is 4. The van der Waals surface area contributed by atoms with Gasteiger partial charge in [0.25, 0.3) is 0 Å². The lowest BCUT2D eigenvalue weighted by molar-refractivity contribution is 0.297. The Balaban J connectivity index is 1.66. The maximum Gasteiger partial charge on any atom is 0.247 e. The van der Waals surface area contributed by atoms with Gasteiger partial charge in [0.05, 0.1) is 6.33 Å². The molecular weight excluding hydrogens is 290 g/mol. The van der Waals surface area contributed by atoms with Crippen LogP contribution in [0.25, 0.3) is 11.2 Å². The molecule has 6 nitrogen and oxygen atoms in total. The normalized spacial score (nSPS) is 15.3. The predicted molar refractivity (Wildman–Crippen MR) is 88.0 cm³/mol. The van der Waals surface area contributed by atoms with Gasteiger partial charge in [-0.3, -0.25) is 0 Å². The van der Waals surface area contributed by atoms with Crippen molar-refractivity contribution in [3.05, 3.63) is 42.2 Å². The van der Waals surface area contributed by atoms with Gasteiger partial charge in [-0.1, -0.05) is 43.2 Å².